The Balaban J connectivity index is 1.98. The van der Waals surface area contributed by atoms with E-state index in [1.165, 1.54) is 0 Å². The Morgan fingerprint density at radius 1 is 1.21 bits per heavy atom. The van der Waals surface area contributed by atoms with E-state index in [1.54, 1.807) is 11.0 Å². The minimum Gasteiger partial charge on any atom is -0.490 e. The van der Waals surface area contributed by atoms with Gasteiger partial charge in [-0.15, -0.1) is 0 Å². The first kappa shape index (κ1) is 11.7. The van der Waals surface area contributed by atoms with Crippen molar-refractivity contribution >= 4 is 11.6 Å². The number of hydrogen-bond donors (Lipinski definition) is 0. The molecule has 4 heteroatoms. The molecule has 0 N–H and O–H groups in total. The highest BCUT2D eigenvalue weighted by Crippen LogP contribution is 2.31. The molecule has 4 nitrogen and oxygen atoms in total. The Labute approximate surface area is 111 Å². The summed E-state index contributed by atoms with van der Waals surface area (Å²) in [4.78, 5) is 18.5. The van der Waals surface area contributed by atoms with Crippen LogP contribution in [0.15, 0.2) is 42.5 Å². The maximum atomic E-state index is 12.5. The van der Waals surface area contributed by atoms with E-state index in [-0.39, 0.29) is 5.91 Å². The molecule has 1 amide bonds. The molecule has 0 saturated carbocycles. The fourth-order valence-electron chi connectivity index (χ4n) is 2.18. The highest BCUT2D eigenvalue weighted by molar-refractivity contribution is 6.05. The van der Waals surface area contributed by atoms with Crippen LogP contribution in [0, 0.1) is 6.92 Å². The van der Waals surface area contributed by atoms with E-state index in [4.69, 9.17) is 4.74 Å². The fourth-order valence-corrected chi connectivity index (χ4v) is 2.18. The van der Waals surface area contributed by atoms with E-state index in [9.17, 15) is 4.79 Å². The lowest BCUT2D eigenvalue weighted by molar-refractivity contribution is 0.0971. The van der Waals surface area contributed by atoms with Gasteiger partial charge in [-0.3, -0.25) is 4.79 Å². The zero-order valence-corrected chi connectivity index (χ0v) is 10.7. The number of para-hydroxylation sites is 2. The summed E-state index contributed by atoms with van der Waals surface area (Å²) in [6.45, 7) is 2.93. The predicted octanol–water partition coefficient (Wildman–Crippen LogP) is 2.43. The van der Waals surface area contributed by atoms with Gasteiger partial charge in [-0.2, -0.15) is 0 Å². The van der Waals surface area contributed by atoms with Crippen LogP contribution in [0.5, 0.6) is 5.75 Å². The molecule has 0 atom stereocenters. The van der Waals surface area contributed by atoms with Crippen LogP contribution in [0.3, 0.4) is 0 Å². The molecule has 0 spiro atoms. The number of fused-ring (bicyclic) bond motifs is 1. The molecule has 2 heterocycles. The van der Waals surface area contributed by atoms with E-state index in [0.29, 0.717) is 18.8 Å². The highest BCUT2D eigenvalue weighted by atomic mass is 16.5. The predicted molar refractivity (Wildman–Crippen MR) is 72.6 cm³/mol. The summed E-state index contributed by atoms with van der Waals surface area (Å²) < 4.78 is 5.55. The summed E-state index contributed by atoms with van der Waals surface area (Å²) in [6.07, 6.45) is 0. The zero-order chi connectivity index (χ0) is 13.2. The molecular weight excluding hydrogens is 240 g/mol. The number of aryl methyl sites for hydroxylation is 1. The van der Waals surface area contributed by atoms with Crippen LogP contribution in [0.4, 0.5) is 5.69 Å². The lowest BCUT2D eigenvalue weighted by atomic mass is 10.2. The number of pyridine rings is 1. The van der Waals surface area contributed by atoms with Crippen LogP contribution in [0.2, 0.25) is 0 Å². The molecule has 1 aliphatic heterocycles. The average molecular weight is 254 g/mol. The molecule has 1 aromatic heterocycles. The third kappa shape index (κ3) is 2.17. The largest absolute Gasteiger partial charge is 0.490 e. The van der Waals surface area contributed by atoms with Gasteiger partial charge >= 0.3 is 0 Å². The van der Waals surface area contributed by atoms with Crippen molar-refractivity contribution in [2.45, 2.75) is 6.92 Å². The number of aromatic nitrogens is 1. The molecule has 1 aliphatic rings. The second kappa shape index (κ2) is 4.72. The summed E-state index contributed by atoms with van der Waals surface area (Å²) in [5, 5.41) is 0. The Kier molecular flexibility index (Phi) is 2.91. The van der Waals surface area contributed by atoms with Crippen molar-refractivity contribution in [3.05, 3.63) is 53.9 Å². The van der Waals surface area contributed by atoms with E-state index >= 15 is 0 Å². The quantitative estimate of drug-likeness (QED) is 0.785. The fraction of sp³-hybridized carbons (Fsp3) is 0.200. The minimum absolute atomic E-state index is 0.0838. The number of benzene rings is 1. The average Bonchev–Trinajstić information content (AvgIpc) is 2.46. The van der Waals surface area contributed by atoms with Gasteiger partial charge in [-0.1, -0.05) is 18.2 Å². The Bertz CT molecular complexity index is 625. The number of carbonyl (C=O) groups excluding carboxylic acids is 1. The molecule has 0 aliphatic carbocycles. The molecular formula is C15H14N2O2. The molecule has 0 radical (unpaired) electrons. The lowest BCUT2D eigenvalue weighted by Gasteiger charge is -2.29. The minimum atomic E-state index is -0.0838. The van der Waals surface area contributed by atoms with Crippen molar-refractivity contribution in [1.29, 1.82) is 0 Å². The Morgan fingerprint density at radius 3 is 2.89 bits per heavy atom. The zero-order valence-electron chi connectivity index (χ0n) is 10.7. The van der Waals surface area contributed by atoms with Crippen LogP contribution in [-0.2, 0) is 0 Å². The molecule has 2 aromatic rings. The van der Waals surface area contributed by atoms with Crippen molar-refractivity contribution in [2.24, 2.45) is 0 Å². The topological polar surface area (TPSA) is 42.4 Å². The maximum Gasteiger partial charge on any atom is 0.277 e. The van der Waals surface area contributed by atoms with E-state index in [0.717, 1.165) is 17.1 Å². The van der Waals surface area contributed by atoms with Crippen LogP contribution >= 0.6 is 0 Å². The Hall–Kier alpha value is -2.36. The first-order chi connectivity index (χ1) is 9.25. The monoisotopic (exact) mass is 254 g/mol. The van der Waals surface area contributed by atoms with Crippen molar-refractivity contribution < 1.29 is 9.53 Å². The van der Waals surface area contributed by atoms with E-state index in [1.807, 2.05) is 43.3 Å². The molecule has 0 saturated heterocycles. The number of anilines is 1. The van der Waals surface area contributed by atoms with Gasteiger partial charge in [0, 0.05) is 5.69 Å². The van der Waals surface area contributed by atoms with Crippen molar-refractivity contribution in [3.63, 3.8) is 0 Å². The van der Waals surface area contributed by atoms with Crippen molar-refractivity contribution in [1.82, 2.24) is 4.98 Å². The van der Waals surface area contributed by atoms with Gasteiger partial charge in [0.15, 0.2) is 0 Å². The molecule has 0 bridgehead atoms. The smallest absolute Gasteiger partial charge is 0.277 e. The van der Waals surface area contributed by atoms with Crippen LogP contribution in [0.1, 0.15) is 16.2 Å². The summed E-state index contributed by atoms with van der Waals surface area (Å²) in [7, 11) is 0. The standard InChI is InChI=1S/C15H14N2O2/c1-11-5-4-6-12(16-11)15(18)17-9-10-19-14-8-3-2-7-13(14)17/h2-8H,9-10H2,1H3. The van der Waals surface area contributed by atoms with Gasteiger partial charge in [-0.05, 0) is 31.2 Å². The number of amides is 1. The maximum absolute atomic E-state index is 12.5. The van der Waals surface area contributed by atoms with E-state index < -0.39 is 0 Å². The number of rotatable bonds is 1. The highest BCUT2D eigenvalue weighted by Gasteiger charge is 2.24. The SMILES string of the molecule is Cc1cccc(C(=O)N2CCOc3ccccc32)n1. The van der Waals surface area contributed by atoms with Gasteiger partial charge in [0.05, 0.1) is 12.2 Å². The first-order valence-corrected chi connectivity index (χ1v) is 6.23. The summed E-state index contributed by atoms with van der Waals surface area (Å²) in [5.41, 5.74) is 2.12. The van der Waals surface area contributed by atoms with Crippen LogP contribution in [-0.4, -0.2) is 24.0 Å². The van der Waals surface area contributed by atoms with Crippen molar-refractivity contribution in [3.8, 4) is 5.75 Å². The van der Waals surface area contributed by atoms with Crippen molar-refractivity contribution in [2.75, 3.05) is 18.1 Å². The Morgan fingerprint density at radius 2 is 2.05 bits per heavy atom. The first-order valence-electron chi connectivity index (χ1n) is 6.23. The van der Waals surface area contributed by atoms with Gasteiger partial charge in [0.2, 0.25) is 0 Å². The molecule has 0 unspecified atom stereocenters. The molecule has 96 valence electrons. The lowest BCUT2D eigenvalue weighted by Crippen LogP contribution is -2.38. The van der Waals surface area contributed by atoms with Gasteiger partial charge in [0.1, 0.15) is 18.1 Å². The summed E-state index contributed by atoms with van der Waals surface area (Å²) >= 11 is 0. The second-order valence-corrected chi connectivity index (χ2v) is 4.44. The van der Waals surface area contributed by atoms with Gasteiger partial charge in [-0.25, -0.2) is 4.98 Å². The second-order valence-electron chi connectivity index (χ2n) is 4.44. The van der Waals surface area contributed by atoms with E-state index in [2.05, 4.69) is 4.98 Å². The van der Waals surface area contributed by atoms with Gasteiger partial charge < -0.3 is 9.64 Å². The number of hydrogen-bond acceptors (Lipinski definition) is 3. The number of ether oxygens (including phenoxy) is 1. The summed E-state index contributed by atoms with van der Waals surface area (Å²) in [6, 6.07) is 13.0. The third-order valence-electron chi connectivity index (χ3n) is 3.08. The van der Waals surface area contributed by atoms with Gasteiger partial charge in [0.25, 0.3) is 5.91 Å². The molecule has 3 rings (SSSR count). The number of carbonyl (C=O) groups is 1. The third-order valence-corrected chi connectivity index (χ3v) is 3.08. The molecule has 1 aromatic carbocycles. The van der Waals surface area contributed by atoms with Crippen LogP contribution in [0.25, 0.3) is 0 Å². The molecule has 0 fully saturated rings. The summed E-state index contributed by atoms with van der Waals surface area (Å²) in [5.74, 6) is 0.661. The number of nitrogens with zero attached hydrogens (tertiary/aromatic N) is 2. The molecule has 19 heavy (non-hydrogen) atoms. The van der Waals surface area contributed by atoms with Crippen LogP contribution < -0.4 is 9.64 Å². The normalized spacial score (nSPS) is 13.6.